The Morgan fingerprint density at radius 3 is 2.22 bits per heavy atom. The van der Waals surface area contributed by atoms with Gasteiger partial charge in [0.05, 0.1) is 29.6 Å². The second kappa shape index (κ2) is 9.39. The molecule has 0 amide bonds. The molecule has 1 aliphatic rings. The van der Waals surface area contributed by atoms with Crippen molar-refractivity contribution in [3.63, 3.8) is 0 Å². The van der Waals surface area contributed by atoms with Gasteiger partial charge in [-0.15, -0.1) is 0 Å². The van der Waals surface area contributed by atoms with E-state index in [1.807, 2.05) is 63.2 Å². The number of rotatable bonds is 6. The third-order valence-corrected chi connectivity index (χ3v) is 4.93. The SMILES string of the molecule is COC(=O)C(C(=Nc1cccc(-c2cccc(C(=O)OC(C)(C)C)c2)c1)C1CC1)=C(C)N. The largest absolute Gasteiger partial charge is 0.465 e. The number of nitrogens with zero attached hydrogens (tertiary/aromatic N) is 1. The van der Waals surface area contributed by atoms with Crippen LogP contribution in [0, 0.1) is 5.92 Å². The molecule has 0 spiro atoms. The first-order chi connectivity index (χ1) is 15.1. The first kappa shape index (κ1) is 23.3. The fourth-order valence-electron chi connectivity index (χ4n) is 3.33. The molecule has 2 aromatic rings. The summed E-state index contributed by atoms with van der Waals surface area (Å²) in [5.74, 6) is -0.644. The zero-order valence-corrected chi connectivity index (χ0v) is 19.3. The van der Waals surface area contributed by atoms with Gasteiger partial charge in [0.1, 0.15) is 5.60 Å². The minimum absolute atomic E-state index is 0.196. The van der Waals surface area contributed by atoms with Gasteiger partial charge in [0, 0.05) is 11.6 Å². The van der Waals surface area contributed by atoms with Crippen molar-refractivity contribution in [3.05, 3.63) is 65.4 Å². The number of hydrogen-bond acceptors (Lipinski definition) is 6. The molecular weight excluding hydrogens is 404 g/mol. The van der Waals surface area contributed by atoms with Crippen LogP contribution in [0.5, 0.6) is 0 Å². The van der Waals surface area contributed by atoms with Crippen molar-refractivity contribution < 1.29 is 19.1 Å². The predicted molar refractivity (Wildman–Crippen MR) is 126 cm³/mol. The Morgan fingerprint density at radius 1 is 1.03 bits per heavy atom. The van der Waals surface area contributed by atoms with Gasteiger partial charge in [0.2, 0.25) is 0 Å². The van der Waals surface area contributed by atoms with Gasteiger partial charge in [-0.2, -0.15) is 0 Å². The number of ether oxygens (including phenoxy) is 2. The van der Waals surface area contributed by atoms with Crippen LogP contribution in [-0.4, -0.2) is 30.4 Å². The normalized spacial score (nSPS) is 15.1. The average molecular weight is 435 g/mol. The van der Waals surface area contributed by atoms with Crippen LogP contribution in [0.4, 0.5) is 5.69 Å². The van der Waals surface area contributed by atoms with Crippen LogP contribution < -0.4 is 5.73 Å². The first-order valence-corrected chi connectivity index (χ1v) is 10.7. The maximum absolute atomic E-state index is 12.5. The number of benzene rings is 2. The van der Waals surface area contributed by atoms with Crippen LogP contribution in [0.15, 0.2) is 64.8 Å². The smallest absolute Gasteiger partial charge is 0.341 e. The summed E-state index contributed by atoms with van der Waals surface area (Å²) in [5, 5.41) is 0. The molecule has 0 aromatic heterocycles. The van der Waals surface area contributed by atoms with Crippen LogP contribution in [0.25, 0.3) is 11.1 Å². The highest BCUT2D eigenvalue weighted by Crippen LogP contribution is 2.36. The molecule has 3 rings (SSSR count). The van der Waals surface area contributed by atoms with Gasteiger partial charge in [0.25, 0.3) is 0 Å². The van der Waals surface area contributed by atoms with Crippen molar-refractivity contribution in [2.45, 2.75) is 46.1 Å². The standard InChI is InChI=1S/C26H30N2O4/c1-16(27)22(25(30)31-5)23(17-12-13-17)28-21-11-7-9-19(15-21)18-8-6-10-20(14-18)24(29)32-26(2,3)4/h6-11,14-15,17H,12-13,27H2,1-5H3. The minimum atomic E-state index is -0.563. The molecule has 1 saturated carbocycles. The Balaban J connectivity index is 1.97. The maximum atomic E-state index is 12.5. The lowest BCUT2D eigenvalue weighted by molar-refractivity contribution is -0.135. The summed E-state index contributed by atoms with van der Waals surface area (Å²) in [6.45, 7) is 7.21. The molecular formula is C26H30N2O4. The van der Waals surface area contributed by atoms with Crippen molar-refractivity contribution in [1.29, 1.82) is 0 Å². The van der Waals surface area contributed by atoms with Crippen LogP contribution in [0.3, 0.4) is 0 Å². The molecule has 1 aliphatic carbocycles. The molecule has 32 heavy (non-hydrogen) atoms. The first-order valence-electron chi connectivity index (χ1n) is 10.7. The third kappa shape index (κ3) is 5.84. The van der Waals surface area contributed by atoms with Gasteiger partial charge in [-0.1, -0.05) is 24.3 Å². The highest BCUT2D eigenvalue weighted by Gasteiger charge is 2.34. The van der Waals surface area contributed by atoms with Gasteiger partial charge in [-0.25, -0.2) is 9.59 Å². The summed E-state index contributed by atoms with van der Waals surface area (Å²) in [5.41, 5.74) is 9.79. The van der Waals surface area contributed by atoms with Crippen LogP contribution in [-0.2, 0) is 14.3 Å². The van der Waals surface area contributed by atoms with Gasteiger partial charge in [-0.3, -0.25) is 4.99 Å². The number of aliphatic imine (C=N–C) groups is 1. The van der Waals surface area contributed by atoms with Crippen molar-refractivity contribution in [3.8, 4) is 11.1 Å². The quantitative estimate of drug-likeness (QED) is 0.383. The summed E-state index contributed by atoms with van der Waals surface area (Å²) in [6.07, 6.45) is 1.93. The van der Waals surface area contributed by atoms with Crippen molar-refractivity contribution in [1.82, 2.24) is 0 Å². The lowest BCUT2D eigenvalue weighted by Crippen LogP contribution is -2.23. The molecule has 2 aromatic carbocycles. The Labute approximate surface area is 189 Å². The minimum Gasteiger partial charge on any atom is -0.465 e. The van der Waals surface area contributed by atoms with Gasteiger partial charge in [0.15, 0.2) is 0 Å². The van der Waals surface area contributed by atoms with E-state index < -0.39 is 11.6 Å². The lowest BCUT2D eigenvalue weighted by Gasteiger charge is -2.19. The Bertz CT molecular complexity index is 1090. The molecule has 168 valence electrons. The molecule has 2 N–H and O–H groups in total. The van der Waals surface area contributed by atoms with E-state index >= 15 is 0 Å². The number of hydrogen-bond donors (Lipinski definition) is 1. The zero-order chi connectivity index (χ0) is 23.5. The molecule has 1 fully saturated rings. The molecule has 0 aliphatic heterocycles. The second-order valence-electron chi connectivity index (χ2n) is 8.95. The Hall–Kier alpha value is -3.41. The average Bonchev–Trinajstić information content (AvgIpc) is 3.57. The van der Waals surface area contributed by atoms with E-state index in [0.29, 0.717) is 28.2 Å². The molecule has 0 unspecified atom stereocenters. The summed E-state index contributed by atoms with van der Waals surface area (Å²) in [6, 6.07) is 15.0. The predicted octanol–water partition coefficient (Wildman–Crippen LogP) is 5.20. The number of carbonyl (C=O) groups is 2. The summed E-state index contributed by atoms with van der Waals surface area (Å²) in [7, 11) is 1.34. The fourth-order valence-corrected chi connectivity index (χ4v) is 3.33. The Kier molecular flexibility index (Phi) is 6.82. The second-order valence-corrected chi connectivity index (χ2v) is 8.95. The van der Waals surface area contributed by atoms with Gasteiger partial charge in [-0.05, 0) is 75.9 Å². The molecule has 0 bridgehead atoms. The van der Waals surface area contributed by atoms with E-state index in [2.05, 4.69) is 0 Å². The van der Waals surface area contributed by atoms with E-state index in [0.717, 1.165) is 24.0 Å². The van der Waals surface area contributed by atoms with Crippen molar-refractivity contribution in [2.75, 3.05) is 7.11 Å². The van der Waals surface area contributed by atoms with E-state index in [4.69, 9.17) is 20.2 Å². The zero-order valence-electron chi connectivity index (χ0n) is 19.3. The molecule has 6 nitrogen and oxygen atoms in total. The van der Waals surface area contributed by atoms with Crippen LogP contribution in [0.2, 0.25) is 0 Å². The summed E-state index contributed by atoms with van der Waals surface area (Å²) >= 11 is 0. The molecule has 6 heteroatoms. The maximum Gasteiger partial charge on any atom is 0.341 e. The van der Waals surface area contributed by atoms with E-state index in [1.54, 1.807) is 13.0 Å². The van der Waals surface area contributed by atoms with Crippen LogP contribution >= 0.6 is 0 Å². The number of carbonyl (C=O) groups excluding carboxylic acids is 2. The van der Waals surface area contributed by atoms with E-state index in [9.17, 15) is 9.59 Å². The summed E-state index contributed by atoms with van der Waals surface area (Å²) < 4.78 is 10.4. The Morgan fingerprint density at radius 2 is 1.66 bits per heavy atom. The number of allylic oxidation sites excluding steroid dienone is 1. The number of esters is 2. The highest BCUT2D eigenvalue weighted by atomic mass is 16.6. The molecule has 0 radical (unpaired) electrons. The van der Waals surface area contributed by atoms with E-state index in [-0.39, 0.29) is 11.9 Å². The highest BCUT2D eigenvalue weighted by molar-refractivity contribution is 6.22. The van der Waals surface area contributed by atoms with Gasteiger partial charge >= 0.3 is 11.9 Å². The summed E-state index contributed by atoms with van der Waals surface area (Å²) in [4.78, 5) is 29.6. The number of nitrogens with two attached hydrogens (primary N) is 1. The molecule has 0 atom stereocenters. The van der Waals surface area contributed by atoms with Crippen LogP contribution in [0.1, 0.15) is 50.9 Å². The van der Waals surface area contributed by atoms with Crippen molar-refractivity contribution in [2.24, 2.45) is 16.6 Å². The third-order valence-electron chi connectivity index (χ3n) is 4.93. The molecule has 0 saturated heterocycles. The topological polar surface area (TPSA) is 91.0 Å². The number of methoxy groups -OCH3 is 1. The van der Waals surface area contributed by atoms with E-state index in [1.165, 1.54) is 7.11 Å². The lowest BCUT2D eigenvalue weighted by atomic mass is 10.0. The van der Waals surface area contributed by atoms with Crippen molar-refractivity contribution >= 4 is 23.3 Å². The fraction of sp³-hybridized carbons (Fsp3) is 0.346. The van der Waals surface area contributed by atoms with Gasteiger partial charge < -0.3 is 15.2 Å². The molecule has 0 heterocycles. The monoisotopic (exact) mass is 434 g/mol.